The van der Waals surface area contributed by atoms with Gasteiger partial charge >= 0.3 is 6.09 Å². The molecule has 1 aromatic carbocycles. The maximum absolute atomic E-state index is 11.5. The van der Waals surface area contributed by atoms with E-state index in [4.69, 9.17) is 9.47 Å². The van der Waals surface area contributed by atoms with Crippen molar-refractivity contribution in [2.24, 2.45) is 5.41 Å². The Morgan fingerprint density at radius 2 is 2.12 bits per heavy atom. The van der Waals surface area contributed by atoms with Gasteiger partial charge in [-0.3, -0.25) is 5.32 Å². The van der Waals surface area contributed by atoms with Crippen LogP contribution in [0.3, 0.4) is 0 Å². The van der Waals surface area contributed by atoms with Crippen molar-refractivity contribution in [3.8, 4) is 0 Å². The second-order valence-electron chi connectivity index (χ2n) is 4.41. The van der Waals surface area contributed by atoms with Gasteiger partial charge < -0.3 is 9.47 Å². The number of carbonyl (C=O) groups excluding carboxylic acids is 1. The molecule has 0 atom stereocenters. The van der Waals surface area contributed by atoms with E-state index >= 15 is 0 Å². The van der Waals surface area contributed by atoms with Crippen molar-refractivity contribution in [3.63, 3.8) is 0 Å². The molecule has 2 rings (SSSR count). The highest BCUT2D eigenvalue weighted by Crippen LogP contribution is 2.31. The Morgan fingerprint density at radius 1 is 1.41 bits per heavy atom. The van der Waals surface area contributed by atoms with E-state index < -0.39 is 6.09 Å². The number of carbonyl (C=O) groups is 1. The average Bonchev–Trinajstić information content (AvgIpc) is 2.29. The maximum atomic E-state index is 11.5. The lowest BCUT2D eigenvalue weighted by atomic mass is 9.84. The van der Waals surface area contributed by atoms with Crippen molar-refractivity contribution in [3.05, 3.63) is 30.3 Å². The molecule has 0 spiro atoms. The first-order chi connectivity index (χ1) is 8.24. The highest BCUT2D eigenvalue weighted by Gasteiger charge is 2.38. The van der Waals surface area contributed by atoms with Crippen LogP contribution < -0.4 is 5.32 Å². The Labute approximate surface area is 101 Å². The Hall–Kier alpha value is -1.55. The molecule has 0 bridgehead atoms. The molecule has 1 aromatic rings. The number of hydrogen-bond acceptors (Lipinski definition) is 3. The summed E-state index contributed by atoms with van der Waals surface area (Å²) in [7, 11) is 0. The molecule has 0 saturated carbocycles. The van der Waals surface area contributed by atoms with E-state index in [0.29, 0.717) is 19.8 Å². The largest absolute Gasteiger partial charge is 0.449 e. The van der Waals surface area contributed by atoms with Crippen LogP contribution in [-0.2, 0) is 9.47 Å². The van der Waals surface area contributed by atoms with E-state index in [1.807, 2.05) is 30.3 Å². The minimum Gasteiger partial charge on any atom is -0.449 e. The molecule has 92 valence electrons. The highest BCUT2D eigenvalue weighted by atomic mass is 16.6. The summed E-state index contributed by atoms with van der Waals surface area (Å²) in [5.74, 6) is 0. The summed E-state index contributed by atoms with van der Waals surface area (Å²) in [5.41, 5.74) is 0.779. The van der Waals surface area contributed by atoms with Gasteiger partial charge in [-0.15, -0.1) is 0 Å². The third kappa shape index (κ3) is 2.97. The maximum Gasteiger partial charge on any atom is 0.411 e. The van der Waals surface area contributed by atoms with Crippen molar-refractivity contribution >= 4 is 11.8 Å². The van der Waals surface area contributed by atoms with E-state index in [2.05, 4.69) is 12.2 Å². The Balaban J connectivity index is 1.78. The van der Waals surface area contributed by atoms with Gasteiger partial charge in [0.2, 0.25) is 0 Å². The number of anilines is 1. The zero-order valence-corrected chi connectivity index (χ0v) is 9.94. The molecule has 1 amide bonds. The minimum absolute atomic E-state index is 0.0357. The molecule has 1 N–H and O–H groups in total. The van der Waals surface area contributed by atoms with Crippen molar-refractivity contribution in [2.75, 3.05) is 25.1 Å². The van der Waals surface area contributed by atoms with Crippen LogP contribution in [0, 0.1) is 5.41 Å². The van der Waals surface area contributed by atoms with Crippen LogP contribution in [-0.4, -0.2) is 25.9 Å². The molecule has 17 heavy (non-hydrogen) atoms. The Bertz CT molecular complexity index is 368. The van der Waals surface area contributed by atoms with E-state index in [1.165, 1.54) is 0 Å². The van der Waals surface area contributed by atoms with Gasteiger partial charge in [-0.1, -0.05) is 25.1 Å². The summed E-state index contributed by atoms with van der Waals surface area (Å²) in [6.45, 7) is 3.87. The molecule has 0 aliphatic carbocycles. The summed E-state index contributed by atoms with van der Waals surface area (Å²) in [6, 6.07) is 9.27. The van der Waals surface area contributed by atoms with Crippen LogP contribution in [0.15, 0.2) is 30.3 Å². The number of rotatable bonds is 4. The fraction of sp³-hybridized carbons (Fsp3) is 0.462. The van der Waals surface area contributed by atoms with Crippen molar-refractivity contribution < 1.29 is 14.3 Å². The van der Waals surface area contributed by atoms with Gasteiger partial charge in [0, 0.05) is 5.69 Å². The zero-order chi connectivity index (χ0) is 12.1. The number of amides is 1. The lowest BCUT2D eigenvalue weighted by Crippen LogP contribution is -2.46. The molecule has 1 heterocycles. The summed E-state index contributed by atoms with van der Waals surface area (Å²) in [6.07, 6.45) is 0.557. The smallest absolute Gasteiger partial charge is 0.411 e. The van der Waals surface area contributed by atoms with Crippen molar-refractivity contribution in [2.45, 2.75) is 13.3 Å². The third-order valence-electron chi connectivity index (χ3n) is 3.10. The van der Waals surface area contributed by atoms with Gasteiger partial charge in [0.1, 0.15) is 6.61 Å². The summed E-state index contributed by atoms with van der Waals surface area (Å²) >= 11 is 0. The van der Waals surface area contributed by atoms with E-state index in [0.717, 1.165) is 12.1 Å². The van der Waals surface area contributed by atoms with Crippen LogP contribution in [0.1, 0.15) is 13.3 Å². The molecule has 1 aliphatic heterocycles. The first-order valence-corrected chi connectivity index (χ1v) is 5.81. The highest BCUT2D eigenvalue weighted by molar-refractivity contribution is 5.84. The molecule has 1 aliphatic rings. The molecule has 1 saturated heterocycles. The van der Waals surface area contributed by atoms with Crippen LogP contribution in [0.25, 0.3) is 0 Å². The van der Waals surface area contributed by atoms with Gasteiger partial charge in [0.05, 0.1) is 18.6 Å². The molecular formula is C13H17NO3. The van der Waals surface area contributed by atoms with Crippen LogP contribution >= 0.6 is 0 Å². The summed E-state index contributed by atoms with van der Waals surface area (Å²) < 4.78 is 10.4. The van der Waals surface area contributed by atoms with Gasteiger partial charge in [-0.25, -0.2) is 4.79 Å². The Morgan fingerprint density at radius 3 is 2.65 bits per heavy atom. The molecule has 4 heteroatoms. The number of benzene rings is 1. The third-order valence-corrected chi connectivity index (χ3v) is 3.10. The fourth-order valence-electron chi connectivity index (χ4n) is 1.67. The second kappa shape index (κ2) is 5.19. The van der Waals surface area contributed by atoms with Crippen LogP contribution in [0.5, 0.6) is 0 Å². The van der Waals surface area contributed by atoms with Crippen molar-refractivity contribution in [1.82, 2.24) is 0 Å². The quantitative estimate of drug-likeness (QED) is 0.872. The van der Waals surface area contributed by atoms with Crippen LogP contribution in [0.4, 0.5) is 10.5 Å². The number of ether oxygens (including phenoxy) is 2. The fourth-order valence-corrected chi connectivity index (χ4v) is 1.67. The van der Waals surface area contributed by atoms with E-state index in [-0.39, 0.29) is 5.41 Å². The number of para-hydroxylation sites is 1. The first-order valence-electron chi connectivity index (χ1n) is 5.81. The first kappa shape index (κ1) is 11.9. The van der Waals surface area contributed by atoms with Gasteiger partial charge in [0.15, 0.2) is 0 Å². The predicted octanol–water partition coefficient (Wildman–Crippen LogP) is 2.66. The van der Waals surface area contributed by atoms with Crippen LogP contribution in [0.2, 0.25) is 0 Å². The van der Waals surface area contributed by atoms with Gasteiger partial charge in [0.25, 0.3) is 0 Å². The minimum atomic E-state index is -0.407. The summed E-state index contributed by atoms with van der Waals surface area (Å²) in [4.78, 5) is 11.5. The standard InChI is InChI=1S/C13H17NO3/c1-2-13(8-16-9-13)10-17-12(15)14-11-6-4-3-5-7-11/h3-7H,2,8-10H2,1H3,(H,14,15). The number of nitrogens with one attached hydrogen (secondary N) is 1. The molecule has 0 aromatic heterocycles. The normalized spacial score (nSPS) is 17.0. The lowest BCUT2D eigenvalue weighted by molar-refractivity contribution is -0.138. The second-order valence-corrected chi connectivity index (χ2v) is 4.41. The zero-order valence-electron chi connectivity index (χ0n) is 9.94. The van der Waals surface area contributed by atoms with Gasteiger partial charge in [-0.05, 0) is 18.6 Å². The lowest BCUT2D eigenvalue weighted by Gasteiger charge is -2.39. The monoisotopic (exact) mass is 235 g/mol. The molecule has 0 unspecified atom stereocenters. The Kier molecular flexibility index (Phi) is 3.64. The number of hydrogen-bond donors (Lipinski definition) is 1. The van der Waals surface area contributed by atoms with E-state index in [9.17, 15) is 4.79 Å². The topological polar surface area (TPSA) is 47.6 Å². The predicted molar refractivity (Wildman–Crippen MR) is 65.0 cm³/mol. The average molecular weight is 235 g/mol. The molecular weight excluding hydrogens is 218 g/mol. The van der Waals surface area contributed by atoms with Crippen molar-refractivity contribution in [1.29, 1.82) is 0 Å². The summed E-state index contributed by atoms with van der Waals surface area (Å²) in [5, 5.41) is 2.68. The SMILES string of the molecule is CCC1(COC(=O)Nc2ccccc2)COC1. The van der Waals surface area contributed by atoms with E-state index in [1.54, 1.807) is 0 Å². The molecule has 4 nitrogen and oxygen atoms in total. The van der Waals surface area contributed by atoms with Gasteiger partial charge in [-0.2, -0.15) is 0 Å². The molecule has 0 radical (unpaired) electrons. The molecule has 1 fully saturated rings.